The van der Waals surface area contributed by atoms with E-state index in [2.05, 4.69) is 52.2 Å². The number of guanidine groups is 3. The first-order valence-corrected chi connectivity index (χ1v) is 21.8. The van der Waals surface area contributed by atoms with Crippen LogP contribution in [0.5, 0.6) is 0 Å². The summed E-state index contributed by atoms with van der Waals surface area (Å²) in [6.07, 6.45) is 0.934. The highest BCUT2D eigenvalue weighted by Gasteiger charge is 2.34. The van der Waals surface area contributed by atoms with Crippen molar-refractivity contribution < 1.29 is 53.7 Å². The van der Waals surface area contributed by atoms with E-state index in [0.717, 1.165) is 0 Å². The molecule has 0 spiro atoms. The summed E-state index contributed by atoms with van der Waals surface area (Å²) in [5.74, 6) is -8.58. The third-order valence-electron chi connectivity index (χ3n) is 9.50. The molecule has 382 valence electrons. The van der Waals surface area contributed by atoms with Gasteiger partial charge in [-0.25, -0.2) is 0 Å². The van der Waals surface area contributed by atoms with Crippen LogP contribution < -0.4 is 77.4 Å². The first-order valence-electron chi connectivity index (χ1n) is 21.8. The number of aliphatic hydroxyl groups excluding tert-OH is 2. The van der Waals surface area contributed by atoms with Crippen molar-refractivity contribution in [2.45, 2.75) is 134 Å². The topological polar surface area (TPSA) is 501 Å². The summed E-state index contributed by atoms with van der Waals surface area (Å²) < 4.78 is 0. The molecule has 28 nitrogen and oxygen atoms in total. The van der Waals surface area contributed by atoms with Crippen molar-refractivity contribution in [2.24, 2.45) is 66.9 Å². The number of rotatable bonds is 33. The van der Waals surface area contributed by atoms with Gasteiger partial charge in [0.2, 0.25) is 41.4 Å². The highest BCUT2D eigenvalue weighted by atomic mass is 16.4. The zero-order valence-electron chi connectivity index (χ0n) is 39.0. The Hall–Kier alpha value is -6.55. The number of carbonyl (C=O) groups is 8. The molecule has 0 aliphatic carbocycles. The lowest BCUT2D eigenvalue weighted by atomic mass is 10.0. The minimum atomic E-state index is -1.73. The van der Waals surface area contributed by atoms with E-state index in [9.17, 15) is 53.7 Å². The Morgan fingerprint density at radius 3 is 1.04 bits per heavy atom. The number of nitrogens with zero attached hydrogens (tertiary/aromatic N) is 3. The zero-order valence-corrected chi connectivity index (χ0v) is 39.0. The second-order valence-electron chi connectivity index (χ2n) is 16.5. The number of carboxylic acids is 1. The number of aliphatic imine (C=N–C) groups is 3. The van der Waals surface area contributed by atoms with Crippen LogP contribution >= 0.6 is 0 Å². The van der Waals surface area contributed by atoms with Crippen molar-refractivity contribution in [3.8, 4) is 0 Å². The van der Waals surface area contributed by atoms with Gasteiger partial charge in [0.1, 0.15) is 42.3 Å². The second-order valence-corrected chi connectivity index (χ2v) is 16.5. The van der Waals surface area contributed by atoms with Gasteiger partial charge >= 0.3 is 5.97 Å². The number of aliphatic carboxylic acids is 1. The Bertz CT molecular complexity index is 1720. The van der Waals surface area contributed by atoms with Crippen LogP contribution in [-0.2, 0) is 38.4 Å². The van der Waals surface area contributed by atoms with E-state index >= 15 is 0 Å². The van der Waals surface area contributed by atoms with Crippen LogP contribution in [0, 0.1) is 11.8 Å². The Morgan fingerprint density at radius 2 is 0.716 bits per heavy atom. The van der Waals surface area contributed by atoms with Gasteiger partial charge in [0.25, 0.3) is 0 Å². The van der Waals surface area contributed by atoms with Crippen molar-refractivity contribution in [3.63, 3.8) is 0 Å². The lowest BCUT2D eigenvalue weighted by Crippen LogP contribution is -2.61. The Morgan fingerprint density at radius 1 is 0.433 bits per heavy atom. The van der Waals surface area contributed by atoms with Crippen LogP contribution in [0.25, 0.3) is 0 Å². The van der Waals surface area contributed by atoms with Crippen LogP contribution in [0.3, 0.4) is 0 Å². The summed E-state index contributed by atoms with van der Waals surface area (Å²) in [7, 11) is 0. The van der Waals surface area contributed by atoms with Crippen molar-refractivity contribution in [2.75, 3.05) is 32.8 Å². The first-order chi connectivity index (χ1) is 31.3. The monoisotopic (exact) mass is 958 g/mol. The summed E-state index contributed by atoms with van der Waals surface area (Å²) in [5.41, 5.74) is 38.3. The van der Waals surface area contributed by atoms with Gasteiger partial charge in [-0.3, -0.25) is 53.3 Å². The van der Waals surface area contributed by atoms with Crippen LogP contribution in [0.4, 0.5) is 0 Å². The number of aliphatic hydroxyl groups is 2. The maximum atomic E-state index is 13.7. The molecule has 0 aromatic heterocycles. The van der Waals surface area contributed by atoms with Gasteiger partial charge < -0.3 is 92.7 Å². The molecular weight excluding hydrogens is 883 g/mol. The Labute approximate surface area is 389 Å². The Balaban J connectivity index is 6.18. The van der Waals surface area contributed by atoms with Crippen molar-refractivity contribution >= 4 is 65.2 Å². The largest absolute Gasteiger partial charge is 0.480 e. The van der Waals surface area contributed by atoms with E-state index in [1.54, 1.807) is 27.7 Å². The molecule has 8 atom stereocenters. The van der Waals surface area contributed by atoms with E-state index in [-0.39, 0.29) is 94.3 Å². The van der Waals surface area contributed by atoms with Crippen LogP contribution in [-0.4, -0.2) is 162 Å². The van der Waals surface area contributed by atoms with E-state index in [1.165, 1.54) is 6.92 Å². The van der Waals surface area contributed by atoms with E-state index in [1.807, 2.05) is 0 Å². The average molecular weight is 958 g/mol. The van der Waals surface area contributed by atoms with Crippen molar-refractivity contribution in [1.29, 1.82) is 0 Å². The number of nitrogens with two attached hydrogens (primary N) is 7. The van der Waals surface area contributed by atoms with Gasteiger partial charge in [-0.2, -0.15) is 0 Å². The molecule has 0 aliphatic rings. The maximum absolute atomic E-state index is 13.7. The Kier molecular flexibility index (Phi) is 29.0. The molecular formula is C39H75N17O11. The molecule has 0 saturated carbocycles. The second kappa shape index (κ2) is 32.2. The summed E-state index contributed by atoms with van der Waals surface area (Å²) in [6, 6.07) is -11.0. The van der Waals surface area contributed by atoms with Gasteiger partial charge in [0.05, 0.1) is 19.3 Å². The van der Waals surface area contributed by atoms with Crippen molar-refractivity contribution in [1.82, 2.24) is 37.2 Å². The predicted molar refractivity (Wildman–Crippen MR) is 248 cm³/mol. The molecule has 0 rings (SSSR count). The van der Waals surface area contributed by atoms with Crippen LogP contribution in [0.15, 0.2) is 15.0 Å². The molecule has 28 heteroatoms. The fourth-order valence-corrected chi connectivity index (χ4v) is 6.01. The predicted octanol–water partition coefficient (Wildman–Crippen LogP) is -6.95. The molecule has 67 heavy (non-hydrogen) atoms. The van der Waals surface area contributed by atoms with E-state index < -0.39 is 109 Å². The molecule has 8 unspecified atom stereocenters. The molecule has 7 amide bonds. The normalized spacial score (nSPS) is 14.5. The number of carbonyl (C=O) groups excluding carboxylic acids is 7. The molecule has 24 N–H and O–H groups in total. The number of carboxylic acid groups (broad SMARTS) is 1. The third kappa shape index (κ3) is 26.3. The summed E-state index contributed by atoms with van der Waals surface area (Å²) in [6.45, 7) is 6.56. The summed E-state index contributed by atoms with van der Waals surface area (Å²) in [4.78, 5) is 117. The smallest absolute Gasteiger partial charge is 0.325 e. The van der Waals surface area contributed by atoms with E-state index in [4.69, 9.17) is 40.1 Å². The molecule has 0 aromatic rings. The fourth-order valence-electron chi connectivity index (χ4n) is 6.01. The lowest BCUT2D eigenvalue weighted by Gasteiger charge is -2.28. The zero-order chi connectivity index (χ0) is 51.4. The number of nitrogens with one attached hydrogen (secondary N) is 7. The summed E-state index contributed by atoms with van der Waals surface area (Å²) >= 11 is 0. The van der Waals surface area contributed by atoms with Crippen LogP contribution in [0.1, 0.15) is 86.0 Å². The first kappa shape index (κ1) is 60.5. The molecule has 0 aliphatic heterocycles. The molecule has 0 heterocycles. The maximum Gasteiger partial charge on any atom is 0.325 e. The van der Waals surface area contributed by atoms with Crippen LogP contribution in [0.2, 0.25) is 0 Å². The number of hydrogen-bond donors (Lipinski definition) is 17. The standard InChI is InChI=1S/C39H75N17O11/c1-19(2)15-25(32(62)52-23(10-7-13-48-38(43)44)30(60)50-21(5)36(66)67)54-34(64)27(17-57)56-35(65)28(18-58)55-33(63)26(16-20(3)4)53-31(61)24(11-8-14-49-39(45)46)51-29(59)22(40)9-6-12-47-37(41)42/h19-28,57-58H,6-18,40H2,1-5H3,(H,50,60)(H,51,59)(H,52,62)(H,53,61)(H,54,64)(H,55,63)(H,56,65)(H,66,67)(H4,41,42,47)(H4,43,44,48)(H4,45,46,49). The molecule has 0 aromatic carbocycles. The SMILES string of the molecule is CC(C)CC(NC(=O)C(CCCN=C(N)N)NC(=O)C(N)CCCN=C(N)N)C(=O)NC(CO)C(=O)NC(CO)C(=O)NC(CC(C)C)C(=O)NC(CCCN=C(N)N)C(=O)NC(C)C(=O)O. The number of hydrogen-bond acceptors (Lipinski definition) is 14. The van der Waals surface area contributed by atoms with Gasteiger partial charge in [-0.15, -0.1) is 0 Å². The van der Waals surface area contributed by atoms with Gasteiger partial charge in [-0.1, -0.05) is 27.7 Å². The minimum Gasteiger partial charge on any atom is -0.480 e. The fraction of sp³-hybridized carbons (Fsp3) is 0.718. The van der Waals surface area contributed by atoms with Gasteiger partial charge in [0, 0.05) is 19.6 Å². The lowest BCUT2D eigenvalue weighted by molar-refractivity contribution is -0.142. The average Bonchev–Trinajstić information content (AvgIpc) is 3.23. The summed E-state index contributed by atoms with van der Waals surface area (Å²) in [5, 5.41) is 46.6. The third-order valence-corrected chi connectivity index (χ3v) is 9.50. The molecule has 0 bridgehead atoms. The highest BCUT2D eigenvalue weighted by Crippen LogP contribution is 2.10. The molecule has 0 radical (unpaired) electrons. The van der Waals surface area contributed by atoms with Gasteiger partial charge in [0.15, 0.2) is 17.9 Å². The van der Waals surface area contributed by atoms with Crippen molar-refractivity contribution in [3.05, 3.63) is 0 Å². The quantitative estimate of drug-likeness (QED) is 0.0165. The van der Waals surface area contributed by atoms with E-state index in [0.29, 0.717) is 6.42 Å². The van der Waals surface area contributed by atoms with Gasteiger partial charge in [-0.05, 0) is 70.1 Å². The number of amides is 7. The molecule has 0 saturated heterocycles. The highest BCUT2D eigenvalue weighted by molar-refractivity contribution is 5.97. The molecule has 0 fully saturated rings. The minimum absolute atomic E-state index is 0.00409.